The summed E-state index contributed by atoms with van der Waals surface area (Å²) >= 11 is 1.55. The van der Waals surface area contributed by atoms with E-state index in [4.69, 9.17) is 0 Å². The van der Waals surface area contributed by atoms with Gasteiger partial charge in [0.25, 0.3) is 0 Å². The highest BCUT2D eigenvalue weighted by molar-refractivity contribution is 8.00. The van der Waals surface area contributed by atoms with E-state index in [1.165, 1.54) is 12.1 Å². The van der Waals surface area contributed by atoms with Crippen molar-refractivity contribution in [3.8, 4) is 0 Å². The van der Waals surface area contributed by atoms with Crippen LogP contribution in [0.1, 0.15) is 26.3 Å². The maximum Gasteiger partial charge on any atom is 0.243 e. The lowest BCUT2D eigenvalue weighted by molar-refractivity contribution is 0.549. The molecular weight excluding hydrogens is 311 g/mol. The lowest BCUT2D eigenvalue weighted by atomic mass is 10.2. The van der Waals surface area contributed by atoms with Crippen molar-refractivity contribution in [1.29, 1.82) is 0 Å². The van der Waals surface area contributed by atoms with E-state index >= 15 is 0 Å². The Morgan fingerprint density at radius 1 is 1.33 bits per heavy atom. The molecule has 0 aliphatic carbocycles. The van der Waals surface area contributed by atoms with Crippen LogP contribution < -0.4 is 10.0 Å². The first-order valence-electron chi connectivity index (χ1n) is 6.76. The van der Waals surface area contributed by atoms with Crippen molar-refractivity contribution < 1.29 is 12.8 Å². The Hall–Kier alpha value is -0.630. The lowest BCUT2D eigenvalue weighted by Gasteiger charge is -2.22. The zero-order chi connectivity index (χ0) is 16.1. The van der Waals surface area contributed by atoms with Crippen molar-refractivity contribution >= 4 is 21.8 Å². The number of hydrogen-bond acceptors (Lipinski definition) is 4. The molecule has 120 valence electrons. The summed E-state index contributed by atoms with van der Waals surface area (Å²) in [7, 11) is -3.83. The fourth-order valence-corrected chi connectivity index (χ4v) is 3.14. The third-order valence-corrected chi connectivity index (χ3v) is 5.79. The third-order valence-electron chi connectivity index (χ3n) is 3.11. The molecule has 0 aromatic heterocycles. The molecule has 1 aromatic rings. The molecule has 0 atom stereocenters. The van der Waals surface area contributed by atoms with Crippen molar-refractivity contribution in [3.63, 3.8) is 0 Å². The highest BCUT2D eigenvalue weighted by Gasteiger charge is 2.23. The van der Waals surface area contributed by atoms with Crippen LogP contribution in [0.2, 0.25) is 0 Å². The van der Waals surface area contributed by atoms with Crippen LogP contribution in [0.4, 0.5) is 4.39 Å². The van der Waals surface area contributed by atoms with Gasteiger partial charge in [0, 0.05) is 17.8 Å². The highest BCUT2D eigenvalue weighted by Crippen LogP contribution is 2.21. The fourth-order valence-electron chi connectivity index (χ4n) is 1.56. The number of nitrogens with one attached hydrogen (secondary N) is 2. The van der Waals surface area contributed by atoms with E-state index in [1.54, 1.807) is 17.8 Å². The molecule has 0 spiro atoms. The second kappa shape index (κ2) is 7.58. The van der Waals surface area contributed by atoms with E-state index in [0.717, 1.165) is 12.1 Å². The molecule has 0 saturated carbocycles. The second-order valence-electron chi connectivity index (χ2n) is 5.33. The van der Waals surface area contributed by atoms with E-state index in [0.29, 0.717) is 6.54 Å². The molecule has 0 saturated heterocycles. The van der Waals surface area contributed by atoms with E-state index in [2.05, 4.69) is 10.0 Å². The molecule has 1 rings (SSSR count). The van der Waals surface area contributed by atoms with Crippen molar-refractivity contribution in [3.05, 3.63) is 29.6 Å². The van der Waals surface area contributed by atoms with Crippen LogP contribution in [0.25, 0.3) is 0 Å². The molecule has 0 fully saturated rings. The Kier molecular flexibility index (Phi) is 6.65. The van der Waals surface area contributed by atoms with Gasteiger partial charge in [-0.25, -0.2) is 17.5 Å². The van der Waals surface area contributed by atoms with Crippen LogP contribution in [0, 0.1) is 5.82 Å². The molecule has 0 aliphatic heterocycles. The van der Waals surface area contributed by atoms with Crippen LogP contribution in [0.15, 0.2) is 23.1 Å². The Balaban J connectivity index is 2.88. The standard InChI is InChI=1S/C14H23FN2O2S2/c1-5-16-9-11-6-7-13(12(15)8-11)21(18,19)17-10-14(2,3)20-4/h6-8,16-17H,5,9-10H2,1-4H3. The Morgan fingerprint density at radius 3 is 2.52 bits per heavy atom. The maximum absolute atomic E-state index is 14.0. The lowest BCUT2D eigenvalue weighted by Crippen LogP contribution is -2.36. The van der Waals surface area contributed by atoms with Gasteiger partial charge < -0.3 is 5.32 Å². The minimum absolute atomic E-state index is 0.242. The van der Waals surface area contributed by atoms with Gasteiger partial charge in [-0.15, -0.1) is 0 Å². The van der Waals surface area contributed by atoms with Gasteiger partial charge in [0.2, 0.25) is 10.0 Å². The number of thioether (sulfide) groups is 1. The van der Waals surface area contributed by atoms with E-state index in [1.807, 2.05) is 27.0 Å². The number of hydrogen-bond donors (Lipinski definition) is 2. The first kappa shape index (κ1) is 18.4. The minimum Gasteiger partial charge on any atom is -0.313 e. The number of halogens is 1. The summed E-state index contributed by atoms with van der Waals surface area (Å²) in [4.78, 5) is -0.306. The van der Waals surface area contributed by atoms with Crippen molar-refractivity contribution in [2.24, 2.45) is 0 Å². The highest BCUT2D eigenvalue weighted by atomic mass is 32.2. The van der Waals surface area contributed by atoms with Crippen LogP contribution >= 0.6 is 11.8 Å². The summed E-state index contributed by atoms with van der Waals surface area (Å²) in [6.45, 7) is 7.33. The summed E-state index contributed by atoms with van der Waals surface area (Å²) in [6, 6.07) is 4.20. The molecule has 7 heteroatoms. The fraction of sp³-hybridized carbons (Fsp3) is 0.571. The molecule has 0 bridgehead atoms. The average molecular weight is 334 g/mol. The Bertz CT molecular complexity index is 574. The molecule has 0 aliphatic rings. The first-order valence-corrected chi connectivity index (χ1v) is 9.46. The molecule has 21 heavy (non-hydrogen) atoms. The van der Waals surface area contributed by atoms with Crippen LogP contribution in [0.5, 0.6) is 0 Å². The molecule has 1 aromatic carbocycles. The Morgan fingerprint density at radius 2 is 2.00 bits per heavy atom. The summed E-state index contributed by atoms with van der Waals surface area (Å²) in [5, 5.41) is 3.07. The minimum atomic E-state index is -3.83. The average Bonchev–Trinajstić information content (AvgIpc) is 2.43. The van der Waals surface area contributed by atoms with Gasteiger partial charge in [0.15, 0.2) is 0 Å². The Labute approximate surface area is 131 Å². The predicted octanol–water partition coefficient (Wildman–Crippen LogP) is 2.36. The van der Waals surface area contributed by atoms with Crippen molar-refractivity contribution in [1.82, 2.24) is 10.0 Å². The van der Waals surface area contributed by atoms with E-state index in [9.17, 15) is 12.8 Å². The smallest absolute Gasteiger partial charge is 0.243 e. The van der Waals surface area contributed by atoms with Gasteiger partial charge in [-0.3, -0.25) is 0 Å². The molecule has 0 unspecified atom stereocenters. The zero-order valence-corrected chi connectivity index (χ0v) is 14.5. The van der Waals surface area contributed by atoms with E-state index in [-0.39, 0.29) is 16.2 Å². The summed E-state index contributed by atoms with van der Waals surface area (Å²) in [5.41, 5.74) is 0.720. The van der Waals surface area contributed by atoms with Gasteiger partial charge in [-0.2, -0.15) is 11.8 Å². The normalized spacial score (nSPS) is 12.6. The zero-order valence-electron chi connectivity index (χ0n) is 12.9. The molecule has 0 amide bonds. The van der Waals surface area contributed by atoms with Crippen LogP contribution in [0.3, 0.4) is 0 Å². The monoisotopic (exact) mass is 334 g/mol. The second-order valence-corrected chi connectivity index (χ2v) is 8.58. The van der Waals surface area contributed by atoms with Crippen molar-refractivity contribution in [2.45, 2.75) is 37.0 Å². The first-order chi connectivity index (χ1) is 9.72. The van der Waals surface area contributed by atoms with Crippen LogP contribution in [-0.4, -0.2) is 32.5 Å². The molecule has 0 radical (unpaired) electrons. The molecular formula is C14H23FN2O2S2. The number of sulfonamides is 1. The van der Waals surface area contributed by atoms with Crippen LogP contribution in [-0.2, 0) is 16.6 Å². The summed E-state index contributed by atoms with van der Waals surface area (Å²) < 4.78 is 40.6. The van der Waals surface area contributed by atoms with Gasteiger partial charge >= 0.3 is 0 Å². The van der Waals surface area contributed by atoms with Gasteiger partial charge in [0.1, 0.15) is 10.7 Å². The van der Waals surface area contributed by atoms with Gasteiger partial charge in [-0.1, -0.05) is 13.0 Å². The third kappa shape index (κ3) is 5.58. The van der Waals surface area contributed by atoms with Crippen molar-refractivity contribution in [2.75, 3.05) is 19.3 Å². The largest absolute Gasteiger partial charge is 0.313 e. The van der Waals surface area contributed by atoms with Gasteiger partial charge in [-0.05, 0) is 44.3 Å². The SMILES string of the molecule is CCNCc1ccc(S(=O)(=O)NCC(C)(C)SC)c(F)c1. The summed E-state index contributed by atoms with van der Waals surface area (Å²) in [6.07, 6.45) is 1.91. The summed E-state index contributed by atoms with van der Waals surface area (Å²) in [5.74, 6) is -0.722. The molecule has 0 heterocycles. The maximum atomic E-state index is 14.0. The topological polar surface area (TPSA) is 58.2 Å². The quantitative estimate of drug-likeness (QED) is 0.766. The molecule has 4 nitrogen and oxygen atoms in total. The van der Waals surface area contributed by atoms with E-state index < -0.39 is 15.8 Å². The number of benzene rings is 1. The van der Waals surface area contributed by atoms with Gasteiger partial charge in [0.05, 0.1) is 0 Å². The predicted molar refractivity (Wildman–Crippen MR) is 86.6 cm³/mol. The molecule has 2 N–H and O–H groups in total. The number of rotatable bonds is 8.